The smallest absolute Gasteiger partial charge is 0.242 e. The van der Waals surface area contributed by atoms with Gasteiger partial charge in [0.2, 0.25) is 12.3 Å². The van der Waals surface area contributed by atoms with E-state index in [4.69, 9.17) is 10.7 Å². The van der Waals surface area contributed by atoms with Crippen molar-refractivity contribution in [3.05, 3.63) is 42.1 Å². The van der Waals surface area contributed by atoms with Gasteiger partial charge in [0.15, 0.2) is 0 Å². The first-order valence-corrected chi connectivity index (χ1v) is 13.5. The Morgan fingerprint density at radius 2 is 1.73 bits per heavy atom. The summed E-state index contributed by atoms with van der Waals surface area (Å²) in [5.41, 5.74) is 7.88. The van der Waals surface area contributed by atoms with Crippen LogP contribution in [-0.2, 0) is 16.0 Å². The minimum atomic E-state index is -0.879. The highest BCUT2D eigenvalue weighted by atomic mass is 16.2. The van der Waals surface area contributed by atoms with Crippen LogP contribution >= 0.6 is 0 Å². The second kappa shape index (κ2) is 11.8. The van der Waals surface area contributed by atoms with Gasteiger partial charge in [-0.1, -0.05) is 12.1 Å². The lowest BCUT2D eigenvalue weighted by Gasteiger charge is -2.49. The molecule has 3 fully saturated rings. The molecule has 2 amide bonds. The summed E-state index contributed by atoms with van der Waals surface area (Å²) >= 11 is 0. The highest BCUT2D eigenvalue weighted by Gasteiger charge is 2.40. The van der Waals surface area contributed by atoms with E-state index < -0.39 is 5.54 Å². The number of carbonyl (C=O) groups excluding carboxylic acids is 2. The maximum Gasteiger partial charge on any atom is 0.242 e. The first-order valence-electron chi connectivity index (χ1n) is 13.5. The van der Waals surface area contributed by atoms with Crippen LogP contribution in [0.25, 0.3) is 0 Å². The zero-order valence-electron chi connectivity index (χ0n) is 22.6. The van der Waals surface area contributed by atoms with Crippen LogP contribution in [0.15, 0.2) is 41.5 Å². The van der Waals surface area contributed by atoms with Crippen molar-refractivity contribution < 1.29 is 9.59 Å². The van der Waals surface area contributed by atoms with E-state index in [2.05, 4.69) is 51.6 Å². The number of likely N-dealkylation sites (tertiary alicyclic amines) is 1. The lowest BCUT2D eigenvalue weighted by molar-refractivity contribution is -0.137. The van der Waals surface area contributed by atoms with Gasteiger partial charge in [-0.2, -0.15) is 0 Å². The van der Waals surface area contributed by atoms with Crippen molar-refractivity contribution in [3.8, 4) is 0 Å². The number of benzene rings is 1. The summed E-state index contributed by atoms with van der Waals surface area (Å²) in [6, 6.07) is 8.98. The molecule has 202 valence electrons. The zero-order valence-corrected chi connectivity index (χ0v) is 22.6. The van der Waals surface area contributed by atoms with Gasteiger partial charge >= 0.3 is 0 Å². The molecular weight excluding hydrogens is 466 g/mol. The third kappa shape index (κ3) is 6.97. The quantitative estimate of drug-likeness (QED) is 0.278. The van der Waals surface area contributed by atoms with E-state index in [1.165, 1.54) is 44.6 Å². The fraction of sp³-hybridized carbons (Fsp3) is 0.607. The summed E-state index contributed by atoms with van der Waals surface area (Å²) in [6.45, 7) is 13.0. The number of nitrogens with two attached hydrogens (primary N) is 1. The summed E-state index contributed by atoms with van der Waals surface area (Å²) in [4.78, 5) is 34.7. The summed E-state index contributed by atoms with van der Waals surface area (Å²) in [6.07, 6.45) is 7.66. The zero-order chi connectivity index (χ0) is 26.5. The molecule has 4 rings (SSSR count). The van der Waals surface area contributed by atoms with Crippen molar-refractivity contribution >= 4 is 23.8 Å². The topological polar surface area (TPSA) is 106 Å². The number of aliphatic imine (C=N–C) groups is 1. The number of hydrogen-bond donors (Lipinski definition) is 3. The maximum absolute atomic E-state index is 12.5. The van der Waals surface area contributed by atoms with Crippen LogP contribution in [0, 0.1) is 5.41 Å². The Hall–Kier alpha value is -2.75. The van der Waals surface area contributed by atoms with Gasteiger partial charge in [0.05, 0.1) is 11.2 Å². The van der Waals surface area contributed by atoms with Gasteiger partial charge in [0, 0.05) is 51.5 Å². The van der Waals surface area contributed by atoms with Gasteiger partial charge in [-0.25, -0.2) is 4.99 Å². The van der Waals surface area contributed by atoms with E-state index in [1.807, 2.05) is 4.90 Å². The number of nitrogens with one attached hydrogen (secondary N) is 2. The Balaban J connectivity index is 1.36. The van der Waals surface area contributed by atoms with Gasteiger partial charge in [-0.05, 0) is 82.3 Å². The van der Waals surface area contributed by atoms with Crippen LogP contribution in [0.4, 0.5) is 5.69 Å². The molecule has 0 aliphatic carbocycles. The number of carbonyl (C=O) groups is 2. The van der Waals surface area contributed by atoms with Crippen LogP contribution in [0.5, 0.6) is 0 Å². The lowest BCUT2D eigenvalue weighted by Crippen LogP contribution is -2.59. The van der Waals surface area contributed by atoms with Gasteiger partial charge in [0.25, 0.3) is 0 Å². The molecule has 1 spiro atoms. The second-order valence-electron chi connectivity index (χ2n) is 11.4. The van der Waals surface area contributed by atoms with Gasteiger partial charge in [-0.15, -0.1) is 0 Å². The van der Waals surface area contributed by atoms with Crippen molar-refractivity contribution in [3.63, 3.8) is 0 Å². The summed E-state index contributed by atoms with van der Waals surface area (Å²) in [7, 11) is 0. The molecule has 1 atom stereocenters. The number of piperidine rings is 1. The Kier molecular flexibility index (Phi) is 8.67. The molecule has 0 bridgehead atoms. The average Bonchev–Trinajstić information content (AvgIpc) is 2.87. The fourth-order valence-electron chi connectivity index (χ4n) is 5.50. The first-order chi connectivity index (χ1) is 17.7. The molecule has 3 heterocycles. The van der Waals surface area contributed by atoms with E-state index in [9.17, 15) is 9.59 Å². The maximum atomic E-state index is 12.5. The van der Waals surface area contributed by atoms with Crippen molar-refractivity contribution in [1.29, 1.82) is 0 Å². The molecule has 1 unspecified atom stereocenters. The van der Waals surface area contributed by atoms with Crippen molar-refractivity contribution in [2.24, 2.45) is 16.1 Å². The van der Waals surface area contributed by atoms with Crippen molar-refractivity contribution in [1.82, 2.24) is 25.3 Å². The molecule has 9 heteroatoms. The van der Waals surface area contributed by atoms with E-state index in [0.29, 0.717) is 44.0 Å². The molecule has 3 saturated heterocycles. The number of amides is 2. The van der Waals surface area contributed by atoms with Gasteiger partial charge in [-0.3, -0.25) is 9.59 Å². The average molecular weight is 510 g/mol. The minimum Gasteiger partial charge on any atom is -0.353 e. The molecule has 37 heavy (non-hydrogen) atoms. The number of rotatable bonds is 8. The van der Waals surface area contributed by atoms with Crippen molar-refractivity contribution in [2.75, 3.05) is 52.4 Å². The molecule has 4 N–H and O–H groups in total. The third-order valence-corrected chi connectivity index (χ3v) is 8.03. The van der Waals surface area contributed by atoms with Crippen LogP contribution in [-0.4, -0.2) is 96.8 Å². The molecular formula is C28H43N7O2. The Morgan fingerprint density at radius 3 is 2.27 bits per heavy atom. The first kappa shape index (κ1) is 27.3. The predicted octanol–water partition coefficient (Wildman–Crippen LogP) is 1.47. The Bertz CT molecular complexity index is 977. The van der Waals surface area contributed by atoms with Crippen molar-refractivity contribution in [2.45, 2.75) is 51.6 Å². The number of hydrogen-bond acceptors (Lipinski definition) is 6. The van der Waals surface area contributed by atoms with Crippen LogP contribution in [0.2, 0.25) is 0 Å². The largest absolute Gasteiger partial charge is 0.353 e. The molecule has 0 saturated carbocycles. The van der Waals surface area contributed by atoms with E-state index in [1.54, 1.807) is 26.1 Å². The summed E-state index contributed by atoms with van der Waals surface area (Å²) < 4.78 is 0. The highest BCUT2D eigenvalue weighted by Crippen LogP contribution is 2.35. The molecule has 3 aliphatic heterocycles. The third-order valence-electron chi connectivity index (χ3n) is 8.03. The van der Waals surface area contributed by atoms with E-state index >= 15 is 0 Å². The number of nitrogens with zero attached hydrogens (tertiary/aromatic N) is 4. The second-order valence-corrected chi connectivity index (χ2v) is 11.4. The number of amidine groups is 1. The van der Waals surface area contributed by atoms with Crippen LogP contribution < -0.4 is 16.4 Å². The molecule has 3 aliphatic rings. The van der Waals surface area contributed by atoms with E-state index in [0.717, 1.165) is 17.9 Å². The lowest BCUT2D eigenvalue weighted by atomic mass is 9.73. The predicted molar refractivity (Wildman–Crippen MR) is 148 cm³/mol. The van der Waals surface area contributed by atoms with Gasteiger partial charge in [0.1, 0.15) is 5.84 Å². The monoisotopic (exact) mass is 509 g/mol. The standard InChI is InChI=1S/C28H43N7O2/c1-22(33-12-9-28(10-13-33)19-31-20-28)18-23-4-6-24(7-5-23)32-25(8-11-30-21-36)34-14-16-35(17-15-34)26(37)27(2,3)29/h4-8,11,21-22,31H,9-10,12-20,29H2,1-3H3,(H,30,36)/b11-8-,32-25?. The fourth-order valence-corrected chi connectivity index (χ4v) is 5.50. The molecule has 9 nitrogen and oxygen atoms in total. The number of piperazine rings is 1. The van der Waals surface area contributed by atoms with Crippen LogP contribution in [0.3, 0.4) is 0 Å². The minimum absolute atomic E-state index is 0.0438. The van der Waals surface area contributed by atoms with Gasteiger partial charge < -0.3 is 31.1 Å². The normalized spacial score (nSPS) is 21.7. The summed E-state index contributed by atoms with van der Waals surface area (Å²) in [5.74, 6) is 0.708. The molecule has 0 aromatic heterocycles. The Labute approximate surface area is 221 Å². The summed E-state index contributed by atoms with van der Waals surface area (Å²) in [5, 5.41) is 6.01. The SMILES string of the molecule is CC(Cc1ccc(N=C(/C=C\NC=O)N2CCN(C(=O)C(C)(C)N)CC2)cc1)N1CCC2(CC1)CNC2. The van der Waals surface area contributed by atoms with E-state index in [-0.39, 0.29) is 5.91 Å². The Morgan fingerprint density at radius 1 is 1.11 bits per heavy atom. The van der Waals surface area contributed by atoms with Crippen LogP contribution in [0.1, 0.15) is 39.2 Å². The highest BCUT2D eigenvalue weighted by molar-refractivity contribution is 5.95. The molecule has 1 aromatic carbocycles. The molecule has 1 aromatic rings. The molecule has 0 radical (unpaired) electrons.